The first-order chi connectivity index (χ1) is 11.8. The lowest BCUT2D eigenvalue weighted by Crippen LogP contribution is -2.21. The maximum absolute atomic E-state index is 12.2. The van der Waals surface area contributed by atoms with E-state index in [1.165, 1.54) is 12.8 Å². The molecular formula is C19H28N4O2. The van der Waals surface area contributed by atoms with Gasteiger partial charge in [0.1, 0.15) is 0 Å². The van der Waals surface area contributed by atoms with E-state index in [0.29, 0.717) is 31.3 Å². The molecule has 1 saturated carbocycles. The monoisotopic (exact) mass is 344 g/mol. The van der Waals surface area contributed by atoms with Gasteiger partial charge in [0.25, 0.3) is 0 Å². The van der Waals surface area contributed by atoms with Gasteiger partial charge in [-0.3, -0.25) is 4.79 Å². The summed E-state index contributed by atoms with van der Waals surface area (Å²) in [5.41, 5.74) is 7.69. The lowest BCUT2D eigenvalue weighted by Gasteiger charge is -2.17. The molecule has 0 spiro atoms. The van der Waals surface area contributed by atoms with Crippen LogP contribution < -0.4 is 11.1 Å². The maximum Gasteiger partial charge on any atom is 0.224 e. The molecule has 0 bridgehead atoms. The molecule has 6 nitrogen and oxygen atoms in total. The number of carbonyl (C=O) groups excluding carboxylic acids is 1. The van der Waals surface area contributed by atoms with Gasteiger partial charge in [-0.15, -0.1) is 0 Å². The summed E-state index contributed by atoms with van der Waals surface area (Å²) < 4.78 is 1.90. The van der Waals surface area contributed by atoms with E-state index in [4.69, 9.17) is 5.73 Å². The first kappa shape index (κ1) is 17.7. The zero-order valence-electron chi connectivity index (χ0n) is 15.1. The van der Waals surface area contributed by atoms with Gasteiger partial charge >= 0.3 is 0 Å². The van der Waals surface area contributed by atoms with Gasteiger partial charge < -0.3 is 20.7 Å². The van der Waals surface area contributed by atoms with Crippen LogP contribution in [0.1, 0.15) is 52.4 Å². The number of aromatic nitrogens is 2. The average Bonchev–Trinajstić information content (AvgIpc) is 3.11. The van der Waals surface area contributed by atoms with Crippen molar-refractivity contribution in [1.29, 1.82) is 0 Å². The van der Waals surface area contributed by atoms with Crippen LogP contribution >= 0.6 is 0 Å². The molecule has 0 atom stereocenters. The summed E-state index contributed by atoms with van der Waals surface area (Å²) in [6, 6.07) is 5.67. The third-order valence-electron chi connectivity index (χ3n) is 4.96. The fourth-order valence-electron chi connectivity index (χ4n) is 3.54. The number of fused-ring (bicyclic) bond motifs is 1. The summed E-state index contributed by atoms with van der Waals surface area (Å²) in [6.07, 6.45) is 5.99. The van der Waals surface area contributed by atoms with Gasteiger partial charge in [0.2, 0.25) is 11.9 Å². The molecule has 0 radical (unpaired) electrons. The molecule has 2 aromatic rings. The molecule has 1 aliphatic carbocycles. The van der Waals surface area contributed by atoms with E-state index in [1.807, 2.05) is 22.8 Å². The van der Waals surface area contributed by atoms with Gasteiger partial charge in [0, 0.05) is 18.7 Å². The van der Waals surface area contributed by atoms with Crippen LogP contribution in [0.15, 0.2) is 18.2 Å². The second-order valence-corrected chi connectivity index (χ2v) is 7.79. The van der Waals surface area contributed by atoms with Crippen molar-refractivity contribution < 1.29 is 9.90 Å². The third-order valence-corrected chi connectivity index (χ3v) is 4.96. The van der Waals surface area contributed by atoms with Crippen molar-refractivity contribution in [2.45, 2.75) is 64.5 Å². The Kier molecular flexibility index (Phi) is 4.99. The number of carbonyl (C=O) groups is 1. The van der Waals surface area contributed by atoms with E-state index < -0.39 is 5.60 Å². The molecule has 0 aliphatic heterocycles. The largest absolute Gasteiger partial charge is 0.390 e. The van der Waals surface area contributed by atoms with E-state index >= 15 is 0 Å². The smallest absolute Gasteiger partial charge is 0.224 e. The molecule has 1 aliphatic rings. The third kappa shape index (κ3) is 4.51. The van der Waals surface area contributed by atoms with E-state index in [0.717, 1.165) is 29.6 Å². The maximum atomic E-state index is 12.2. The highest BCUT2D eigenvalue weighted by atomic mass is 16.3. The predicted molar refractivity (Wildman–Crippen MR) is 100 cm³/mol. The van der Waals surface area contributed by atoms with Crippen molar-refractivity contribution in [3.8, 4) is 0 Å². The molecular weight excluding hydrogens is 316 g/mol. The summed E-state index contributed by atoms with van der Waals surface area (Å²) in [4.78, 5) is 16.6. The Morgan fingerprint density at radius 2 is 2.12 bits per heavy atom. The highest BCUT2D eigenvalue weighted by Gasteiger charge is 2.19. The molecule has 1 amide bonds. The molecule has 1 fully saturated rings. The van der Waals surface area contributed by atoms with Crippen molar-refractivity contribution in [2.24, 2.45) is 5.92 Å². The molecule has 1 aromatic carbocycles. The van der Waals surface area contributed by atoms with Gasteiger partial charge in [-0.05, 0) is 57.2 Å². The topological polar surface area (TPSA) is 93.2 Å². The van der Waals surface area contributed by atoms with Crippen molar-refractivity contribution >= 4 is 28.6 Å². The minimum Gasteiger partial charge on any atom is -0.390 e. The van der Waals surface area contributed by atoms with Crippen molar-refractivity contribution in [3.05, 3.63) is 18.2 Å². The van der Waals surface area contributed by atoms with Crippen LogP contribution in [-0.2, 0) is 11.3 Å². The number of aliphatic hydroxyl groups is 1. The number of rotatable bonds is 6. The summed E-state index contributed by atoms with van der Waals surface area (Å²) in [5, 5.41) is 12.9. The second-order valence-electron chi connectivity index (χ2n) is 7.79. The van der Waals surface area contributed by atoms with Gasteiger partial charge in [0.15, 0.2) is 0 Å². The molecule has 1 heterocycles. The second kappa shape index (κ2) is 7.04. The van der Waals surface area contributed by atoms with E-state index in [-0.39, 0.29) is 5.91 Å². The number of imidazole rings is 1. The molecule has 0 unspecified atom stereocenters. The number of benzene rings is 1. The minimum atomic E-state index is -0.753. The molecule has 136 valence electrons. The van der Waals surface area contributed by atoms with Gasteiger partial charge in [-0.25, -0.2) is 4.98 Å². The highest BCUT2D eigenvalue weighted by Crippen LogP contribution is 2.28. The number of anilines is 2. The summed E-state index contributed by atoms with van der Waals surface area (Å²) in [7, 11) is 0. The number of hydrogen-bond acceptors (Lipinski definition) is 4. The lowest BCUT2D eigenvalue weighted by atomic mass is 10.0. The number of nitrogen functional groups attached to an aromatic ring is 1. The van der Waals surface area contributed by atoms with Gasteiger partial charge in [-0.1, -0.05) is 12.8 Å². The molecule has 6 heteroatoms. The number of aryl methyl sites for hydroxylation is 1. The van der Waals surface area contributed by atoms with Crippen LogP contribution in [-0.4, -0.2) is 26.2 Å². The quantitative estimate of drug-likeness (QED) is 0.749. The molecule has 1 aromatic heterocycles. The van der Waals surface area contributed by atoms with Crippen LogP contribution in [0.4, 0.5) is 11.6 Å². The number of amides is 1. The summed E-state index contributed by atoms with van der Waals surface area (Å²) >= 11 is 0. The molecule has 0 saturated heterocycles. The first-order valence-corrected chi connectivity index (χ1v) is 9.10. The number of hydrogen-bond donors (Lipinski definition) is 3. The van der Waals surface area contributed by atoms with E-state index in [2.05, 4.69) is 10.3 Å². The van der Waals surface area contributed by atoms with Crippen molar-refractivity contribution in [2.75, 3.05) is 11.1 Å². The Hall–Kier alpha value is -2.08. The van der Waals surface area contributed by atoms with Crippen molar-refractivity contribution in [3.63, 3.8) is 0 Å². The highest BCUT2D eigenvalue weighted by molar-refractivity contribution is 5.93. The van der Waals surface area contributed by atoms with E-state index in [1.54, 1.807) is 13.8 Å². The Labute approximate surface area is 148 Å². The van der Waals surface area contributed by atoms with Crippen molar-refractivity contribution in [1.82, 2.24) is 9.55 Å². The van der Waals surface area contributed by atoms with Crippen LogP contribution in [0.25, 0.3) is 11.0 Å². The lowest BCUT2D eigenvalue weighted by molar-refractivity contribution is -0.117. The zero-order chi connectivity index (χ0) is 18.0. The summed E-state index contributed by atoms with van der Waals surface area (Å²) in [6.45, 7) is 4.15. The molecule has 25 heavy (non-hydrogen) atoms. The fraction of sp³-hybridized carbons (Fsp3) is 0.579. The number of nitrogens with zero attached hydrogens (tertiary/aromatic N) is 2. The molecule has 4 N–H and O–H groups in total. The minimum absolute atomic E-state index is 0.0701. The van der Waals surface area contributed by atoms with Gasteiger partial charge in [-0.2, -0.15) is 0 Å². The van der Waals surface area contributed by atoms with Crippen LogP contribution in [0.5, 0.6) is 0 Å². The summed E-state index contributed by atoms with van der Waals surface area (Å²) in [5.74, 6) is 1.02. The fourth-order valence-corrected chi connectivity index (χ4v) is 3.54. The average molecular weight is 344 g/mol. The SMILES string of the molecule is CC(C)(O)CCn1c(N)nc2cc(NC(=O)CC3CCCC3)ccc21. The van der Waals surface area contributed by atoms with Crippen LogP contribution in [0.3, 0.4) is 0 Å². The Bertz CT molecular complexity index is 755. The Balaban J connectivity index is 1.71. The van der Waals surface area contributed by atoms with Crippen LogP contribution in [0, 0.1) is 5.92 Å². The number of nitrogens with two attached hydrogens (primary N) is 1. The zero-order valence-corrected chi connectivity index (χ0v) is 15.1. The Morgan fingerprint density at radius 1 is 1.40 bits per heavy atom. The molecule has 3 rings (SSSR count). The predicted octanol–water partition coefficient (Wildman–Crippen LogP) is 3.30. The normalized spacial score (nSPS) is 15.8. The van der Waals surface area contributed by atoms with Gasteiger partial charge in [0.05, 0.1) is 16.6 Å². The first-order valence-electron chi connectivity index (χ1n) is 9.10. The number of nitrogens with one attached hydrogen (secondary N) is 1. The standard InChI is InChI=1S/C19H28N4O2/c1-19(2,25)9-10-23-16-8-7-14(12-15(16)22-18(23)20)21-17(24)11-13-5-3-4-6-13/h7-8,12-13,25H,3-6,9-11H2,1-2H3,(H2,20,22)(H,21,24). The Morgan fingerprint density at radius 3 is 2.80 bits per heavy atom. The van der Waals surface area contributed by atoms with E-state index in [9.17, 15) is 9.90 Å². The van der Waals surface area contributed by atoms with Crippen LogP contribution in [0.2, 0.25) is 0 Å².